The number of fused-ring (bicyclic) bond motifs is 1. The summed E-state index contributed by atoms with van der Waals surface area (Å²) >= 11 is 0. The van der Waals surface area contributed by atoms with Crippen LogP contribution in [-0.2, 0) is 4.79 Å². The first kappa shape index (κ1) is 23.7. The molecule has 35 heavy (non-hydrogen) atoms. The van der Waals surface area contributed by atoms with Crippen molar-refractivity contribution in [2.24, 2.45) is 5.92 Å². The lowest BCUT2D eigenvalue weighted by molar-refractivity contribution is -0.127. The number of amides is 1. The summed E-state index contributed by atoms with van der Waals surface area (Å²) in [6.07, 6.45) is 11.5. The van der Waals surface area contributed by atoms with Crippen molar-refractivity contribution in [1.82, 2.24) is 14.9 Å². The third kappa shape index (κ3) is 4.89. The van der Waals surface area contributed by atoms with Gasteiger partial charge in [-0.3, -0.25) is 4.79 Å². The number of rotatable bonds is 7. The van der Waals surface area contributed by atoms with Crippen molar-refractivity contribution >= 4 is 16.9 Å². The lowest BCUT2D eigenvalue weighted by Gasteiger charge is -2.34. The third-order valence-electron chi connectivity index (χ3n) is 7.84. The van der Waals surface area contributed by atoms with E-state index in [2.05, 4.69) is 16.0 Å². The Bertz CT molecular complexity index is 1160. The molecular formula is C29H37N3O3. The molecule has 1 unspecified atom stereocenters. The van der Waals surface area contributed by atoms with Crippen LogP contribution in [0.3, 0.4) is 0 Å². The highest BCUT2D eigenvalue weighted by molar-refractivity contribution is 5.88. The van der Waals surface area contributed by atoms with Crippen LogP contribution in [-0.4, -0.2) is 35.7 Å². The molecular weight excluding hydrogens is 438 g/mol. The van der Waals surface area contributed by atoms with Gasteiger partial charge in [0.1, 0.15) is 23.4 Å². The van der Waals surface area contributed by atoms with Crippen molar-refractivity contribution in [3.8, 4) is 22.9 Å². The maximum atomic E-state index is 14.1. The van der Waals surface area contributed by atoms with Crippen LogP contribution < -0.4 is 14.8 Å². The van der Waals surface area contributed by atoms with E-state index in [1.54, 1.807) is 14.2 Å². The molecule has 0 spiro atoms. The van der Waals surface area contributed by atoms with E-state index in [9.17, 15) is 4.79 Å². The molecule has 1 heterocycles. The summed E-state index contributed by atoms with van der Waals surface area (Å²) in [5.74, 6) is 2.62. The molecule has 186 valence electrons. The molecule has 2 aliphatic rings. The van der Waals surface area contributed by atoms with Crippen LogP contribution in [0.15, 0.2) is 42.5 Å². The Morgan fingerprint density at radius 2 is 1.66 bits per heavy atom. The van der Waals surface area contributed by atoms with Crippen LogP contribution in [0.4, 0.5) is 0 Å². The van der Waals surface area contributed by atoms with Crippen LogP contribution in [0, 0.1) is 5.92 Å². The topological polar surface area (TPSA) is 65.4 Å². The summed E-state index contributed by atoms with van der Waals surface area (Å²) in [5.41, 5.74) is 2.76. The smallest absolute Gasteiger partial charge is 0.243 e. The van der Waals surface area contributed by atoms with E-state index in [4.69, 9.17) is 14.5 Å². The van der Waals surface area contributed by atoms with Gasteiger partial charge in [0.05, 0.1) is 30.8 Å². The normalized spacial score (nSPS) is 18.3. The highest BCUT2D eigenvalue weighted by Crippen LogP contribution is 2.41. The molecule has 6 nitrogen and oxygen atoms in total. The number of hydrogen-bond acceptors (Lipinski definition) is 4. The molecule has 0 aliphatic heterocycles. The van der Waals surface area contributed by atoms with Gasteiger partial charge in [-0.15, -0.1) is 0 Å². The Morgan fingerprint density at radius 1 is 0.943 bits per heavy atom. The molecule has 2 saturated carbocycles. The van der Waals surface area contributed by atoms with Crippen molar-refractivity contribution in [1.29, 1.82) is 0 Å². The van der Waals surface area contributed by atoms with Crippen molar-refractivity contribution in [2.45, 2.75) is 76.3 Å². The van der Waals surface area contributed by atoms with Crippen molar-refractivity contribution < 1.29 is 14.3 Å². The number of hydrogen-bond donors (Lipinski definition) is 1. The van der Waals surface area contributed by atoms with Crippen molar-refractivity contribution in [3.63, 3.8) is 0 Å². The van der Waals surface area contributed by atoms with E-state index in [-0.39, 0.29) is 23.9 Å². The maximum absolute atomic E-state index is 14.1. The number of methoxy groups -OCH3 is 2. The number of ether oxygens (including phenoxy) is 2. The van der Waals surface area contributed by atoms with E-state index in [1.807, 2.05) is 36.4 Å². The number of carbonyl (C=O) groups is 1. The van der Waals surface area contributed by atoms with Crippen molar-refractivity contribution in [3.05, 3.63) is 42.5 Å². The van der Waals surface area contributed by atoms with Crippen LogP contribution in [0.1, 0.15) is 70.3 Å². The fourth-order valence-corrected chi connectivity index (χ4v) is 6.02. The minimum absolute atomic E-state index is 0.140. The zero-order chi connectivity index (χ0) is 24.2. The Morgan fingerprint density at radius 3 is 2.37 bits per heavy atom. The molecule has 1 N–H and O–H groups in total. The summed E-state index contributed by atoms with van der Waals surface area (Å²) < 4.78 is 13.4. The molecule has 0 saturated heterocycles. The Hall–Kier alpha value is -3.02. The molecule has 1 atom stereocenters. The fourth-order valence-electron chi connectivity index (χ4n) is 6.02. The summed E-state index contributed by atoms with van der Waals surface area (Å²) in [5, 5.41) is 3.46. The van der Waals surface area contributed by atoms with E-state index in [0.29, 0.717) is 5.75 Å². The number of benzene rings is 2. The van der Waals surface area contributed by atoms with Crippen molar-refractivity contribution in [2.75, 3.05) is 14.2 Å². The van der Waals surface area contributed by atoms with Gasteiger partial charge in [0.25, 0.3) is 0 Å². The molecule has 2 aromatic carbocycles. The number of para-hydroxylation sites is 2. The standard InChI is InChI=1S/C29H37N3O3/c1-34-22-17-18-23(26(19-22)35-2)28-31-24-15-9-10-16-25(24)32(28)27(20-11-5-3-6-12-20)29(33)30-21-13-7-4-8-14-21/h9-10,15-21,27H,3-8,11-14H2,1-2H3,(H,30,33). The zero-order valence-corrected chi connectivity index (χ0v) is 21.0. The maximum Gasteiger partial charge on any atom is 0.243 e. The molecule has 5 rings (SSSR count). The van der Waals surface area contributed by atoms with Gasteiger partial charge in [-0.1, -0.05) is 50.7 Å². The lowest BCUT2D eigenvalue weighted by atomic mass is 9.82. The summed E-state index contributed by atoms with van der Waals surface area (Å²) in [6, 6.07) is 13.9. The van der Waals surface area contributed by atoms with Crippen LogP contribution in [0.2, 0.25) is 0 Å². The molecule has 0 radical (unpaired) electrons. The summed E-state index contributed by atoms with van der Waals surface area (Å²) in [7, 11) is 3.32. The second-order valence-corrected chi connectivity index (χ2v) is 10.0. The predicted molar refractivity (Wildman–Crippen MR) is 139 cm³/mol. The highest BCUT2D eigenvalue weighted by Gasteiger charge is 2.35. The average Bonchev–Trinajstić information content (AvgIpc) is 3.28. The monoisotopic (exact) mass is 475 g/mol. The van der Waals surface area contributed by atoms with Crippen LogP contribution in [0.25, 0.3) is 22.4 Å². The first-order chi connectivity index (χ1) is 17.2. The van der Waals surface area contributed by atoms with Gasteiger partial charge in [0.2, 0.25) is 5.91 Å². The number of nitrogens with zero attached hydrogens (tertiary/aromatic N) is 2. The van der Waals surface area contributed by atoms with Gasteiger partial charge in [0, 0.05) is 12.1 Å². The quantitative estimate of drug-likeness (QED) is 0.436. The Balaban J connectivity index is 1.64. The van der Waals surface area contributed by atoms with Gasteiger partial charge in [-0.25, -0.2) is 4.98 Å². The molecule has 3 aromatic rings. The fraction of sp³-hybridized carbons (Fsp3) is 0.517. The third-order valence-corrected chi connectivity index (χ3v) is 7.84. The lowest BCUT2D eigenvalue weighted by Crippen LogP contribution is -2.43. The van der Waals surface area contributed by atoms with Gasteiger partial charge in [-0.2, -0.15) is 0 Å². The minimum Gasteiger partial charge on any atom is -0.497 e. The second kappa shape index (κ2) is 10.7. The minimum atomic E-state index is -0.300. The number of nitrogens with one attached hydrogen (secondary N) is 1. The van der Waals surface area contributed by atoms with E-state index in [1.165, 1.54) is 38.5 Å². The van der Waals surface area contributed by atoms with Gasteiger partial charge in [-0.05, 0) is 55.9 Å². The van der Waals surface area contributed by atoms with Gasteiger partial charge >= 0.3 is 0 Å². The van der Waals surface area contributed by atoms with Crippen LogP contribution in [0.5, 0.6) is 11.5 Å². The summed E-state index contributed by atoms with van der Waals surface area (Å²) in [6.45, 7) is 0. The second-order valence-electron chi connectivity index (χ2n) is 10.0. The highest BCUT2D eigenvalue weighted by atomic mass is 16.5. The predicted octanol–water partition coefficient (Wildman–Crippen LogP) is 6.29. The first-order valence-corrected chi connectivity index (χ1v) is 13.2. The SMILES string of the molecule is COc1ccc(-c2nc3ccccc3n2C(C(=O)NC2CCCCC2)C2CCCCC2)c(OC)c1. The average molecular weight is 476 g/mol. The molecule has 2 fully saturated rings. The number of aromatic nitrogens is 2. The largest absolute Gasteiger partial charge is 0.497 e. The van der Waals surface area contributed by atoms with Crippen LogP contribution >= 0.6 is 0 Å². The number of imidazole rings is 1. The molecule has 1 amide bonds. The van der Waals surface area contributed by atoms with E-state index >= 15 is 0 Å². The molecule has 2 aliphatic carbocycles. The van der Waals surface area contributed by atoms with E-state index in [0.717, 1.165) is 53.9 Å². The first-order valence-electron chi connectivity index (χ1n) is 13.2. The molecule has 1 aromatic heterocycles. The summed E-state index contributed by atoms with van der Waals surface area (Å²) in [4.78, 5) is 19.1. The van der Waals surface area contributed by atoms with Gasteiger partial charge < -0.3 is 19.4 Å². The molecule has 0 bridgehead atoms. The van der Waals surface area contributed by atoms with E-state index < -0.39 is 0 Å². The zero-order valence-electron chi connectivity index (χ0n) is 21.0. The Labute approximate surface area is 208 Å². The van der Waals surface area contributed by atoms with Gasteiger partial charge in [0.15, 0.2) is 0 Å². The Kier molecular flexibility index (Phi) is 7.26. The number of carbonyl (C=O) groups excluding carboxylic acids is 1. The molecule has 6 heteroatoms.